The third-order valence-electron chi connectivity index (χ3n) is 5.85. The van der Waals surface area contributed by atoms with Crippen molar-refractivity contribution in [2.24, 2.45) is 5.73 Å². The number of anilines is 1. The highest BCUT2D eigenvalue weighted by molar-refractivity contribution is 7.71. The lowest BCUT2D eigenvalue weighted by molar-refractivity contribution is -0.133. The molecule has 0 aliphatic carbocycles. The molecule has 3 heterocycles. The van der Waals surface area contributed by atoms with Crippen LogP contribution in [-0.4, -0.2) is 118 Å². The Hall–Kier alpha value is -2.28. The molecule has 0 radical (unpaired) electrons. The molecule has 1 saturated heterocycles. The van der Waals surface area contributed by atoms with Gasteiger partial charge in [-0.2, -0.15) is 8.62 Å². The van der Waals surface area contributed by atoms with Crippen LogP contribution in [0.1, 0.15) is 13.2 Å². The molecular formula is C18H31N8O16P3S. The number of hydrogen-bond donors (Lipinski definition) is 11. The summed E-state index contributed by atoms with van der Waals surface area (Å²) in [6, 6.07) is -1.18. The minimum absolute atomic E-state index is 0.00825. The number of nitrogens with zero attached hydrogens (tertiary/aromatic N) is 3. The molecule has 13 N–H and O–H groups in total. The van der Waals surface area contributed by atoms with Crippen molar-refractivity contribution in [3.8, 4) is 0 Å². The van der Waals surface area contributed by atoms with Gasteiger partial charge in [0.1, 0.15) is 42.1 Å². The minimum Gasteiger partial charge on any atom is -0.391 e. The van der Waals surface area contributed by atoms with Gasteiger partial charge in [-0.25, -0.2) is 23.7 Å². The number of nitrogens with one attached hydrogen (secondary N) is 3. The lowest BCUT2D eigenvalue weighted by Crippen LogP contribution is -2.49. The van der Waals surface area contributed by atoms with Gasteiger partial charge in [0.05, 0.1) is 19.0 Å². The number of aliphatic hydroxyl groups is 2. The normalized spacial score (nSPS) is 24.2. The average Bonchev–Trinajstić information content (AvgIpc) is 3.46. The summed E-state index contributed by atoms with van der Waals surface area (Å²) < 4.78 is 59.1. The Morgan fingerprint density at radius 2 is 1.83 bits per heavy atom. The van der Waals surface area contributed by atoms with Gasteiger partial charge in [-0.3, -0.25) is 18.7 Å². The van der Waals surface area contributed by atoms with Gasteiger partial charge in [-0.15, -0.1) is 0 Å². The number of phosphoric acid groups is 3. The molecule has 46 heavy (non-hydrogen) atoms. The van der Waals surface area contributed by atoms with Crippen molar-refractivity contribution < 1.29 is 75.7 Å². The number of hydrogen-bond acceptors (Lipinski definition) is 17. The van der Waals surface area contributed by atoms with Crippen LogP contribution in [0.2, 0.25) is 0 Å². The summed E-state index contributed by atoms with van der Waals surface area (Å²) >= 11 is 5.14. The van der Waals surface area contributed by atoms with Crippen LogP contribution in [0.25, 0.3) is 11.2 Å². The number of aromatic nitrogens is 4. The highest BCUT2D eigenvalue weighted by atomic mass is 32.1. The number of carbonyl (C=O) groups excluding carboxylic acids is 2. The molecule has 1 aliphatic rings. The van der Waals surface area contributed by atoms with Gasteiger partial charge in [-0.1, -0.05) is 12.2 Å². The monoisotopic (exact) mass is 740 g/mol. The van der Waals surface area contributed by atoms with E-state index in [2.05, 4.69) is 38.7 Å². The number of nitrogens with two attached hydrogens (primary N) is 2. The molecule has 3 rings (SSSR count). The zero-order valence-corrected chi connectivity index (χ0v) is 26.9. The average molecular weight is 740 g/mol. The van der Waals surface area contributed by atoms with Crippen LogP contribution >= 0.6 is 35.7 Å². The van der Waals surface area contributed by atoms with E-state index in [9.17, 15) is 43.3 Å². The van der Waals surface area contributed by atoms with E-state index in [4.69, 9.17) is 42.9 Å². The first-order chi connectivity index (χ1) is 21.2. The van der Waals surface area contributed by atoms with E-state index in [1.807, 2.05) is 0 Å². The van der Waals surface area contributed by atoms with E-state index in [0.717, 1.165) is 0 Å². The number of H-pyrrole nitrogens is 1. The molecule has 24 nitrogen and oxygen atoms in total. The number of amides is 2. The third-order valence-corrected chi connectivity index (χ3v) is 9.93. The summed E-state index contributed by atoms with van der Waals surface area (Å²) in [5, 5.41) is 25.2. The van der Waals surface area contributed by atoms with E-state index in [0.29, 0.717) is 0 Å². The molecule has 0 aromatic carbocycles. The molecule has 8 atom stereocenters. The van der Waals surface area contributed by atoms with Crippen molar-refractivity contribution in [1.82, 2.24) is 30.2 Å². The molecule has 2 aromatic heterocycles. The molecule has 0 bridgehead atoms. The highest BCUT2D eigenvalue weighted by Crippen LogP contribution is 2.66. The van der Waals surface area contributed by atoms with Crippen LogP contribution in [0.15, 0.2) is 6.33 Å². The number of rotatable bonds is 16. The number of ether oxygens (including phenoxy) is 2. The van der Waals surface area contributed by atoms with E-state index < -0.39 is 85.2 Å². The summed E-state index contributed by atoms with van der Waals surface area (Å²) in [5.74, 6) is -1.50. The van der Waals surface area contributed by atoms with E-state index >= 15 is 0 Å². The summed E-state index contributed by atoms with van der Waals surface area (Å²) in [4.78, 5) is 71.4. The zero-order valence-electron chi connectivity index (χ0n) is 23.4. The standard InChI is InChI=1S/C18H31N8O16P3S/c1-7(27)10(19)15(30)22-3-2-21-9(28)5-38-13-12(29)8(4-39-44(34,35)42-45(36,37)41-43(31,32)33)40-17(13)26-6-23-11-14(26)24-18(20)25-16(11)46/h6-8,10,12-13,17,27,29H,2-5,19H2,1H3,(H,21,28)(H,22,30)(H,34,35)(H,36,37)(H2,31,32,33)(H3,20,24,25,46)/t7?,8-,10?,12?,13+,17-/m1/s1. The van der Waals surface area contributed by atoms with Crippen LogP contribution in [0, 0.1) is 4.64 Å². The zero-order chi connectivity index (χ0) is 34.6. The van der Waals surface area contributed by atoms with Crippen molar-refractivity contribution in [3.05, 3.63) is 11.0 Å². The lowest BCUT2D eigenvalue weighted by atomic mass is 10.1. The van der Waals surface area contributed by atoms with Crippen LogP contribution in [-0.2, 0) is 45.9 Å². The molecule has 260 valence electrons. The quantitative estimate of drug-likeness (QED) is 0.0464. The van der Waals surface area contributed by atoms with Crippen molar-refractivity contribution in [1.29, 1.82) is 0 Å². The third kappa shape index (κ3) is 10.6. The first-order valence-electron chi connectivity index (χ1n) is 12.6. The second-order valence-electron chi connectivity index (χ2n) is 9.40. The van der Waals surface area contributed by atoms with Gasteiger partial charge >= 0.3 is 23.5 Å². The molecule has 5 unspecified atom stereocenters. The van der Waals surface area contributed by atoms with E-state index in [1.54, 1.807) is 0 Å². The van der Waals surface area contributed by atoms with E-state index in [-0.39, 0.29) is 34.8 Å². The maximum absolute atomic E-state index is 12.4. The fourth-order valence-corrected chi connectivity index (χ4v) is 7.10. The van der Waals surface area contributed by atoms with Crippen LogP contribution < -0.4 is 22.1 Å². The lowest BCUT2D eigenvalue weighted by Gasteiger charge is -2.22. The summed E-state index contributed by atoms with van der Waals surface area (Å²) in [5.41, 5.74) is 11.5. The summed E-state index contributed by atoms with van der Waals surface area (Å²) in [7, 11) is -17.0. The van der Waals surface area contributed by atoms with Crippen LogP contribution in [0.4, 0.5) is 5.95 Å². The van der Waals surface area contributed by atoms with Crippen molar-refractivity contribution in [2.75, 3.05) is 32.0 Å². The molecule has 2 amide bonds. The molecule has 2 aromatic rings. The Bertz CT molecular complexity index is 1620. The fourth-order valence-electron chi connectivity index (χ4n) is 3.82. The Balaban J connectivity index is 1.72. The Labute approximate surface area is 262 Å². The van der Waals surface area contributed by atoms with Gasteiger partial charge < -0.3 is 66.3 Å². The van der Waals surface area contributed by atoms with Gasteiger partial charge in [0.25, 0.3) is 0 Å². The molecule has 0 spiro atoms. The summed E-state index contributed by atoms with van der Waals surface area (Å²) in [6.07, 6.45) is -6.04. The topological polar surface area (TPSA) is 375 Å². The number of nitrogen functional groups attached to an aromatic ring is 1. The van der Waals surface area contributed by atoms with Gasteiger partial charge in [0, 0.05) is 13.1 Å². The number of carbonyl (C=O) groups is 2. The van der Waals surface area contributed by atoms with Crippen molar-refractivity contribution >= 4 is 64.6 Å². The number of phosphoric ester groups is 1. The number of imidazole rings is 1. The number of fused-ring (bicyclic) bond motifs is 1. The smallest absolute Gasteiger partial charge is 0.391 e. The van der Waals surface area contributed by atoms with Crippen molar-refractivity contribution in [2.45, 2.75) is 43.6 Å². The Kier molecular flexibility index (Phi) is 12.7. The number of aliphatic hydroxyl groups excluding tert-OH is 2. The Morgan fingerprint density at radius 1 is 1.17 bits per heavy atom. The first kappa shape index (κ1) is 38.2. The predicted octanol–water partition coefficient (Wildman–Crippen LogP) is -3.00. The molecule has 1 fully saturated rings. The molecule has 1 aliphatic heterocycles. The minimum atomic E-state index is -5.82. The van der Waals surface area contributed by atoms with Gasteiger partial charge in [0.2, 0.25) is 11.8 Å². The SMILES string of the molecule is CC(O)C(N)C(=O)NCCNC(=O)CO[C@H]1C(O)[C@@H](COP(=O)(O)OP(=O)(O)OP(=O)(O)O)O[C@H]1n1cnc2c(=S)nc(N)[nH]c21. The second kappa shape index (κ2) is 15.3. The highest BCUT2D eigenvalue weighted by Gasteiger charge is 2.48. The van der Waals surface area contributed by atoms with Crippen LogP contribution in [0.5, 0.6) is 0 Å². The summed E-state index contributed by atoms with van der Waals surface area (Å²) in [6.45, 7) is -0.548. The maximum Gasteiger partial charge on any atom is 0.490 e. The molecule has 28 heteroatoms. The molecule has 0 saturated carbocycles. The van der Waals surface area contributed by atoms with Gasteiger partial charge in [0.15, 0.2) is 16.8 Å². The van der Waals surface area contributed by atoms with E-state index in [1.165, 1.54) is 17.8 Å². The fraction of sp³-hybridized carbons (Fsp3) is 0.611. The van der Waals surface area contributed by atoms with Gasteiger partial charge in [-0.05, 0) is 6.92 Å². The number of aromatic amines is 1. The predicted molar refractivity (Wildman–Crippen MR) is 152 cm³/mol. The maximum atomic E-state index is 12.4. The van der Waals surface area contributed by atoms with Crippen LogP contribution in [0.3, 0.4) is 0 Å². The largest absolute Gasteiger partial charge is 0.490 e. The first-order valence-corrected chi connectivity index (χ1v) is 17.6. The molecular weight excluding hydrogens is 709 g/mol. The van der Waals surface area contributed by atoms with Crippen molar-refractivity contribution in [3.63, 3.8) is 0 Å². The second-order valence-corrected chi connectivity index (χ2v) is 14.2. The Morgan fingerprint density at radius 3 is 2.46 bits per heavy atom.